The number of amides is 1. The molecule has 1 amide bonds. The smallest absolute Gasteiger partial charge is 0.395 e. The number of nitrogens with zero attached hydrogens (tertiary/aromatic N) is 3. The number of carbonyl (C=O) groups is 1. The Morgan fingerprint density at radius 2 is 1.96 bits per heavy atom. The second kappa shape index (κ2) is 7.27. The summed E-state index contributed by atoms with van der Waals surface area (Å²) in [5.41, 5.74) is -0.853. The second-order valence-corrected chi connectivity index (χ2v) is 5.50. The molecular formula is C15H20F3N3O2. The Bertz CT molecular complexity index is 522. The first-order valence-electron chi connectivity index (χ1n) is 7.54. The lowest BCUT2D eigenvalue weighted by Crippen LogP contribution is -2.52. The van der Waals surface area contributed by atoms with Crippen molar-refractivity contribution in [1.82, 2.24) is 14.8 Å². The van der Waals surface area contributed by atoms with Crippen LogP contribution in [0.15, 0.2) is 18.3 Å². The Morgan fingerprint density at radius 1 is 1.30 bits per heavy atom. The third-order valence-electron chi connectivity index (χ3n) is 4.10. The van der Waals surface area contributed by atoms with Crippen LogP contribution in [0.3, 0.4) is 0 Å². The number of aliphatic hydroxyl groups excluding tert-OH is 1. The molecule has 0 radical (unpaired) electrons. The van der Waals surface area contributed by atoms with Gasteiger partial charge in [-0.15, -0.1) is 0 Å². The van der Waals surface area contributed by atoms with E-state index in [4.69, 9.17) is 0 Å². The molecule has 5 nitrogen and oxygen atoms in total. The molecular weight excluding hydrogens is 311 g/mol. The monoisotopic (exact) mass is 331 g/mol. The summed E-state index contributed by atoms with van der Waals surface area (Å²) in [4.78, 5) is 19.4. The Kier molecular flexibility index (Phi) is 5.59. The predicted molar refractivity (Wildman–Crippen MR) is 77.9 cm³/mol. The zero-order chi connectivity index (χ0) is 17.0. The number of pyridine rings is 1. The van der Waals surface area contributed by atoms with Crippen molar-refractivity contribution in [3.8, 4) is 0 Å². The third kappa shape index (κ3) is 4.20. The van der Waals surface area contributed by atoms with E-state index < -0.39 is 11.9 Å². The van der Waals surface area contributed by atoms with E-state index in [0.717, 1.165) is 24.8 Å². The number of halogens is 3. The number of alkyl halides is 3. The lowest BCUT2D eigenvalue weighted by molar-refractivity contribution is -0.141. The Morgan fingerprint density at radius 3 is 2.39 bits per heavy atom. The van der Waals surface area contributed by atoms with Gasteiger partial charge in [-0.2, -0.15) is 13.2 Å². The summed E-state index contributed by atoms with van der Waals surface area (Å²) in [6.07, 6.45) is -2.71. The highest BCUT2D eigenvalue weighted by Gasteiger charge is 2.32. The van der Waals surface area contributed by atoms with Gasteiger partial charge in [-0.3, -0.25) is 14.7 Å². The van der Waals surface area contributed by atoms with Crippen LogP contribution in [0.5, 0.6) is 0 Å². The quantitative estimate of drug-likeness (QED) is 0.911. The highest BCUT2D eigenvalue weighted by molar-refractivity contribution is 5.94. The van der Waals surface area contributed by atoms with Gasteiger partial charge in [-0.25, -0.2) is 0 Å². The van der Waals surface area contributed by atoms with Crippen LogP contribution in [-0.4, -0.2) is 64.6 Å². The van der Waals surface area contributed by atoms with Crippen LogP contribution in [-0.2, 0) is 6.18 Å². The van der Waals surface area contributed by atoms with Crippen molar-refractivity contribution >= 4 is 5.91 Å². The molecule has 1 N–H and O–H groups in total. The van der Waals surface area contributed by atoms with Gasteiger partial charge in [0.25, 0.3) is 5.91 Å². The molecule has 2 rings (SSSR count). The van der Waals surface area contributed by atoms with Gasteiger partial charge in [-0.1, -0.05) is 6.92 Å². The van der Waals surface area contributed by atoms with Gasteiger partial charge in [0.15, 0.2) is 0 Å². The minimum Gasteiger partial charge on any atom is -0.395 e. The SMILES string of the molecule is CCC(CO)N1CCN(C(=O)c2ccc(C(F)(F)F)nc2)CC1. The van der Waals surface area contributed by atoms with Crippen LogP contribution in [0.4, 0.5) is 13.2 Å². The molecule has 1 aromatic heterocycles. The fourth-order valence-electron chi connectivity index (χ4n) is 2.66. The molecule has 1 aromatic rings. The van der Waals surface area contributed by atoms with E-state index in [1.54, 1.807) is 4.90 Å². The molecule has 1 aliphatic heterocycles. The van der Waals surface area contributed by atoms with Gasteiger partial charge in [-0.05, 0) is 18.6 Å². The second-order valence-electron chi connectivity index (χ2n) is 5.50. The largest absolute Gasteiger partial charge is 0.433 e. The minimum absolute atomic E-state index is 0.0767. The summed E-state index contributed by atoms with van der Waals surface area (Å²) in [5.74, 6) is -0.317. The zero-order valence-corrected chi connectivity index (χ0v) is 12.9. The van der Waals surface area contributed by atoms with Gasteiger partial charge < -0.3 is 10.0 Å². The van der Waals surface area contributed by atoms with Crippen LogP contribution in [0.1, 0.15) is 29.4 Å². The summed E-state index contributed by atoms with van der Waals surface area (Å²) in [5, 5.41) is 9.30. The summed E-state index contributed by atoms with van der Waals surface area (Å²) in [6.45, 7) is 4.31. The third-order valence-corrected chi connectivity index (χ3v) is 4.10. The van der Waals surface area contributed by atoms with Crippen LogP contribution in [0, 0.1) is 0 Å². The van der Waals surface area contributed by atoms with E-state index in [2.05, 4.69) is 9.88 Å². The molecule has 23 heavy (non-hydrogen) atoms. The molecule has 0 bridgehead atoms. The van der Waals surface area contributed by atoms with Crippen LogP contribution >= 0.6 is 0 Å². The van der Waals surface area contributed by atoms with Gasteiger partial charge in [0.2, 0.25) is 0 Å². The Balaban J connectivity index is 1.97. The fraction of sp³-hybridized carbons (Fsp3) is 0.600. The molecule has 1 fully saturated rings. The first kappa shape index (κ1) is 17.7. The topological polar surface area (TPSA) is 56.7 Å². The summed E-state index contributed by atoms with van der Waals surface area (Å²) in [6, 6.07) is 2.06. The van der Waals surface area contributed by atoms with Crippen molar-refractivity contribution < 1.29 is 23.1 Å². The number of hydrogen-bond acceptors (Lipinski definition) is 4. The number of hydrogen-bond donors (Lipinski definition) is 1. The van der Waals surface area contributed by atoms with Gasteiger partial charge >= 0.3 is 6.18 Å². The normalized spacial score (nSPS) is 18.0. The standard InChI is InChI=1S/C15H20F3N3O2/c1-2-12(10-22)20-5-7-21(8-6-20)14(23)11-3-4-13(19-9-11)15(16,17)18/h3-4,9,12,22H,2,5-8,10H2,1H3. The first-order chi connectivity index (χ1) is 10.9. The lowest BCUT2D eigenvalue weighted by atomic mass is 10.1. The van der Waals surface area contributed by atoms with E-state index in [-0.39, 0.29) is 24.1 Å². The molecule has 2 heterocycles. The van der Waals surface area contributed by atoms with E-state index in [9.17, 15) is 23.1 Å². The minimum atomic E-state index is -4.51. The summed E-state index contributed by atoms with van der Waals surface area (Å²) < 4.78 is 37.4. The van der Waals surface area contributed by atoms with Crippen LogP contribution < -0.4 is 0 Å². The number of piperazine rings is 1. The number of aromatic nitrogens is 1. The lowest BCUT2D eigenvalue weighted by Gasteiger charge is -2.38. The highest BCUT2D eigenvalue weighted by atomic mass is 19.4. The number of carbonyl (C=O) groups excluding carboxylic acids is 1. The number of aliphatic hydroxyl groups is 1. The molecule has 8 heteroatoms. The van der Waals surface area contributed by atoms with Crippen LogP contribution in [0.2, 0.25) is 0 Å². The average Bonchev–Trinajstić information content (AvgIpc) is 2.55. The Hall–Kier alpha value is -1.67. The molecule has 1 aliphatic rings. The average molecular weight is 331 g/mol. The summed E-state index contributed by atoms with van der Waals surface area (Å²) >= 11 is 0. The van der Waals surface area contributed by atoms with Gasteiger partial charge in [0.1, 0.15) is 5.69 Å². The molecule has 0 aliphatic carbocycles. The maximum Gasteiger partial charge on any atom is 0.433 e. The maximum atomic E-state index is 12.5. The highest BCUT2D eigenvalue weighted by Crippen LogP contribution is 2.27. The van der Waals surface area contributed by atoms with Crippen molar-refractivity contribution in [3.63, 3.8) is 0 Å². The van der Waals surface area contributed by atoms with Crippen molar-refractivity contribution in [2.45, 2.75) is 25.6 Å². The molecule has 0 spiro atoms. The molecule has 1 saturated heterocycles. The van der Waals surface area contributed by atoms with E-state index in [1.165, 1.54) is 0 Å². The zero-order valence-electron chi connectivity index (χ0n) is 12.9. The van der Waals surface area contributed by atoms with Crippen molar-refractivity contribution in [2.24, 2.45) is 0 Å². The fourth-order valence-corrected chi connectivity index (χ4v) is 2.66. The van der Waals surface area contributed by atoms with E-state index in [0.29, 0.717) is 26.2 Å². The molecule has 128 valence electrons. The van der Waals surface area contributed by atoms with Gasteiger partial charge in [0.05, 0.1) is 12.2 Å². The maximum absolute atomic E-state index is 12.5. The molecule has 1 atom stereocenters. The van der Waals surface area contributed by atoms with Gasteiger partial charge in [0, 0.05) is 38.4 Å². The first-order valence-corrected chi connectivity index (χ1v) is 7.54. The van der Waals surface area contributed by atoms with Crippen molar-refractivity contribution in [2.75, 3.05) is 32.8 Å². The number of rotatable bonds is 4. The molecule has 0 saturated carbocycles. The summed E-state index contributed by atoms with van der Waals surface area (Å²) in [7, 11) is 0. The van der Waals surface area contributed by atoms with E-state index in [1.807, 2.05) is 6.92 Å². The van der Waals surface area contributed by atoms with E-state index >= 15 is 0 Å². The van der Waals surface area contributed by atoms with Crippen molar-refractivity contribution in [3.05, 3.63) is 29.6 Å². The predicted octanol–water partition coefficient (Wildman–Crippen LogP) is 1.63. The van der Waals surface area contributed by atoms with Crippen molar-refractivity contribution in [1.29, 1.82) is 0 Å². The molecule has 1 unspecified atom stereocenters. The Labute approximate surface area is 132 Å². The van der Waals surface area contributed by atoms with Crippen LogP contribution in [0.25, 0.3) is 0 Å². The molecule has 0 aromatic carbocycles.